The number of rotatable bonds is 9. The third-order valence-corrected chi connectivity index (χ3v) is 7.88. The highest BCUT2D eigenvalue weighted by atomic mass is 32.2. The predicted molar refractivity (Wildman–Crippen MR) is 145 cm³/mol. The molecule has 0 bridgehead atoms. The van der Waals surface area contributed by atoms with Crippen LogP contribution in [0, 0.1) is 6.92 Å². The van der Waals surface area contributed by atoms with Gasteiger partial charge in [0.2, 0.25) is 5.91 Å². The van der Waals surface area contributed by atoms with Crippen LogP contribution < -0.4 is 10.6 Å². The highest BCUT2D eigenvalue weighted by molar-refractivity contribution is 8.00. The zero-order valence-electron chi connectivity index (χ0n) is 21.6. The van der Waals surface area contributed by atoms with Crippen LogP contribution >= 0.6 is 11.8 Å². The molecule has 9 heteroatoms. The Morgan fingerprint density at radius 2 is 1.86 bits per heavy atom. The molecular formula is C28H35N3O5S. The molecule has 1 fully saturated rings. The van der Waals surface area contributed by atoms with Crippen LogP contribution in [0.15, 0.2) is 60.7 Å². The minimum Gasteiger partial charge on any atom is -0.508 e. The second kappa shape index (κ2) is 12.3. The molecule has 8 nitrogen and oxygen atoms in total. The van der Waals surface area contributed by atoms with E-state index >= 15 is 0 Å². The molecule has 0 spiro atoms. The van der Waals surface area contributed by atoms with Crippen LogP contribution in [0.25, 0.3) is 0 Å². The summed E-state index contributed by atoms with van der Waals surface area (Å²) in [6.45, 7) is 7.61. The number of nitrogens with one attached hydrogen (secondary N) is 2. The number of carbonyl (C=O) groups excluding carboxylic acids is 3. The minimum atomic E-state index is -1.60. The van der Waals surface area contributed by atoms with E-state index in [9.17, 15) is 24.6 Å². The van der Waals surface area contributed by atoms with Gasteiger partial charge in [-0.3, -0.25) is 14.4 Å². The summed E-state index contributed by atoms with van der Waals surface area (Å²) < 4.78 is -0.563. The number of benzene rings is 2. The topological polar surface area (TPSA) is 119 Å². The summed E-state index contributed by atoms with van der Waals surface area (Å²) in [5.74, 6) is -1.22. The van der Waals surface area contributed by atoms with Crippen molar-refractivity contribution in [2.24, 2.45) is 0 Å². The van der Waals surface area contributed by atoms with E-state index in [-0.39, 0.29) is 29.5 Å². The molecule has 0 radical (unpaired) electrons. The predicted octanol–water partition coefficient (Wildman–Crippen LogP) is 2.78. The van der Waals surface area contributed by atoms with Crippen molar-refractivity contribution in [1.29, 1.82) is 0 Å². The number of aliphatic hydroxyl groups is 1. The van der Waals surface area contributed by atoms with Crippen LogP contribution in [0.5, 0.6) is 5.75 Å². The van der Waals surface area contributed by atoms with Crippen molar-refractivity contribution in [1.82, 2.24) is 15.5 Å². The van der Waals surface area contributed by atoms with Gasteiger partial charge in [-0.05, 0) is 51.8 Å². The molecule has 198 valence electrons. The van der Waals surface area contributed by atoms with Crippen LogP contribution in [0.4, 0.5) is 0 Å². The first kappa shape index (κ1) is 28.3. The number of carbonyl (C=O) groups is 3. The van der Waals surface area contributed by atoms with Gasteiger partial charge in [-0.2, -0.15) is 0 Å². The molecule has 3 rings (SSSR count). The summed E-state index contributed by atoms with van der Waals surface area (Å²) in [6.07, 6.45) is 2.23. The molecule has 3 atom stereocenters. The number of amides is 3. The molecule has 3 amide bonds. The number of thioether (sulfide) groups is 1. The average Bonchev–Trinajstić information content (AvgIpc) is 3.19. The standard InChI is InChI=1S/C28H35N3O5S/c1-5-6-15-29-26(35)24-28(3,4)37-17-31(24)27(36)23(33)21(16-19-11-8-7-9-12-19)30-25(34)20-13-10-14-22(32)18(20)2/h5-14,21,23-24,32-33H,15-17H2,1-4H3,(H,29,35)(H,30,34)/t21-,23-,24+/m0/s1. The van der Waals surface area contributed by atoms with Crippen LogP contribution in [0.2, 0.25) is 0 Å². The molecule has 2 aromatic rings. The number of nitrogens with zero attached hydrogens (tertiary/aromatic N) is 1. The lowest BCUT2D eigenvalue weighted by atomic mass is 9.96. The Balaban J connectivity index is 1.87. The maximum atomic E-state index is 13.6. The normalized spacial score (nSPS) is 18.4. The monoisotopic (exact) mass is 525 g/mol. The molecule has 0 aromatic heterocycles. The minimum absolute atomic E-state index is 0.0213. The van der Waals surface area contributed by atoms with E-state index in [1.165, 1.54) is 22.7 Å². The molecule has 0 unspecified atom stereocenters. The Kier molecular flexibility index (Phi) is 9.39. The van der Waals surface area contributed by atoms with Gasteiger partial charge in [-0.15, -0.1) is 11.8 Å². The molecule has 0 aliphatic carbocycles. The highest BCUT2D eigenvalue weighted by Crippen LogP contribution is 2.39. The molecule has 1 aliphatic heterocycles. The third-order valence-electron chi connectivity index (χ3n) is 6.51. The maximum Gasteiger partial charge on any atom is 0.254 e. The molecule has 37 heavy (non-hydrogen) atoms. The summed E-state index contributed by atoms with van der Waals surface area (Å²) in [5.41, 5.74) is 1.47. The Morgan fingerprint density at radius 1 is 1.16 bits per heavy atom. The first-order valence-corrected chi connectivity index (χ1v) is 13.2. The summed E-state index contributed by atoms with van der Waals surface area (Å²) in [6, 6.07) is 12.1. The lowest BCUT2D eigenvalue weighted by Crippen LogP contribution is -2.58. The van der Waals surface area contributed by atoms with Crippen LogP contribution in [-0.2, 0) is 16.0 Å². The van der Waals surface area contributed by atoms with E-state index in [0.29, 0.717) is 12.1 Å². The van der Waals surface area contributed by atoms with E-state index in [1.807, 2.05) is 63.3 Å². The number of hydrogen-bond donors (Lipinski definition) is 4. The van der Waals surface area contributed by atoms with Crippen LogP contribution in [0.3, 0.4) is 0 Å². The first-order valence-electron chi connectivity index (χ1n) is 12.2. The fourth-order valence-corrected chi connectivity index (χ4v) is 5.49. The molecule has 4 N–H and O–H groups in total. The molecule has 1 aliphatic rings. The van der Waals surface area contributed by atoms with Gasteiger partial charge in [0, 0.05) is 22.4 Å². The largest absolute Gasteiger partial charge is 0.508 e. The fraction of sp³-hybridized carbons (Fsp3) is 0.393. The zero-order chi connectivity index (χ0) is 27.2. The first-order chi connectivity index (χ1) is 17.6. The second-order valence-corrected chi connectivity index (χ2v) is 11.2. The van der Waals surface area contributed by atoms with Gasteiger partial charge >= 0.3 is 0 Å². The van der Waals surface area contributed by atoms with Crippen molar-refractivity contribution >= 4 is 29.5 Å². The summed E-state index contributed by atoms with van der Waals surface area (Å²) in [5, 5.41) is 27.0. The summed E-state index contributed by atoms with van der Waals surface area (Å²) >= 11 is 1.46. The van der Waals surface area contributed by atoms with E-state index in [1.54, 1.807) is 19.1 Å². The lowest BCUT2D eigenvalue weighted by molar-refractivity contribution is -0.147. The number of phenols is 1. The molecule has 1 saturated heterocycles. The van der Waals surface area contributed by atoms with E-state index in [2.05, 4.69) is 10.6 Å². The molecule has 0 saturated carbocycles. The number of aliphatic hydroxyl groups excluding tert-OH is 1. The maximum absolute atomic E-state index is 13.6. The lowest BCUT2D eigenvalue weighted by Gasteiger charge is -2.33. The Labute approximate surface area is 222 Å². The highest BCUT2D eigenvalue weighted by Gasteiger charge is 2.49. The Morgan fingerprint density at radius 3 is 2.54 bits per heavy atom. The smallest absolute Gasteiger partial charge is 0.254 e. The van der Waals surface area contributed by atoms with Crippen LogP contribution in [0.1, 0.15) is 42.3 Å². The van der Waals surface area contributed by atoms with Gasteiger partial charge in [-0.1, -0.05) is 48.6 Å². The molecular weight excluding hydrogens is 490 g/mol. The van der Waals surface area contributed by atoms with E-state index in [0.717, 1.165) is 5.56 Å². The van der Waals surface area contributed by atoms with Gasteiger partial charge in [0.25, 0.3) is 11.8 Å². The second-order valence-electron chi connectivity index (χ2n) is 9.57. The Hall–Kier alpha value is -3.30. The Bertz CT molecular complexity index is 1150. The van der Waals surface area contributed by atoms with Crippen molar-refractivity contribution in [2.75, 3.05) is 12.4 Å². The SMILES string of the molecule is CC=CCNC(=O)[C@H]1N(C(=O)[C@@H](O)[C@H](Cc2ccccc2)NC(=O)c2cccc(O)c2C)CSC1(C)C. The quantitative estimate of drug-likeness (QED) is 0.374. The van der Waals surface area contributed by atoms with Crippen molar-refractivity contribution in [3.63, 3.8) is 0 Å². The van der Waals surface area contributed by atoms with Gasteiger partial charge in [0.1, 0.15) is 11.8 Å². The molecule has 2 aromatic carbocycles. The average molecular weight is 526 g/mol. The van der Waals surface area contributed by atoms with Gasteiger partial charge < -0.3 is 25.7 Å². The number of allylic oxidation sites excluding steroid dienone is 1. The van der Waals surface area contributed by atoms with Crippen molar-refractivity contribution in [3.8, 4) is 5.75 Å². The fourth-order valence-electron chi connectivity index (χ4n) is 4.35. The third kappa shape index (κ3) is 6.72. The van der Waals surface area contributed by atoms with Crippen molar-refractivity contribution in [2.45, 2.75) is 57.1 Å². The van der Waals surface area contributed by atoms with Gasteiger partial charge in [0.05, 0.1) is 11.9 Å². The van der Waals surface area contributed by atoms with Gasteiger partial charge in [-0.25, -0.2) is 0 Å². The van der Waals surface area contributed by atoms with E-state index in [4.69, 9.17) is 0 Å². The number of phenolic OH excluding ortho intramolecular Hbond substituents is 1. The van der Waals surface area contributed by atoms with Crippen molar-refractivity contribution < 1.29 is 24.6 Å². The van der Waals surface area contributed by atoms with E-state index < -0.39 is 34.7 Å². The van der Waals surface area contributed by atoms with Gasteiger partial charge in [0.15, 0.2) is 6.10 Å². The summed E-state index contributed by atoms with van der Waals surface area (Å²) in [4.78, 5) is 41.2. The molecule has 1 heterocycles. The zero-order valence-corrected chi connectivity index (χ0v) is 22.4. The van der Waals surface area contributed by atoms with Crippen molar-refractivity contribution in [3.05, 3.63) is 77.4 Å². The number of aromatic hydroxyl groups is 1. The van der Waals surface area contributed by atoms with Crippen LogP contribution in [-0.4, -0.2) is 68.2 Å². The summed E-state index contributed by atoms with van der Waals surface area (Å²) in [7, 11) is 0. The number of hydrogen-bond acceptors (Lipinski definition) is 6.